The van der Waals surface area contributed by atoms with Gasteiger partial charge in [0.1, 0.15) is 11.6 Å². The lowest BCUT2D eigenvalue weighted by molar-refractivity contribution is 0.415. The number of aromatic nitrogens is 3. The number of hydrogen-bond donors (Lipinski definition) is 2. The first-order chi connectivity index (χ1) is 10.3. The van der Waals surface area contributed by atoms with Gasteiger partial charge in [0, 0.05) is 30.7 Å². The van der Waals surface area contributed by atoms with Crippen LogP contribution in [0.5, 0.6) is 5.75 Å². The minimum absolute atomic E-state index is 0.701. The summed E-state index contributed by atoms with van der Waals surface area (Å²) in [5.74, 6) is 2.29. The lowest BCUT2D eigenvalue weighted by atomic mass is 10.3. The second-order valence-electron chi connectivity index (χ2n) is 4.52. The van der Waals surface area contributed by atoms with Crippen LogP contribution in [0.15, 0.2) is 42.9 Å². The van der Waals surface area contributed by atoms with Gasteiger partial charge in [-0.05, 0) is 19.1 Å². The molecule has 0 amide bonds. The highest BCUT2D eigenvalue weighted by atomic mass is 16.5. The van der Waals surface area contributed by atoms with E-state index in [1.807, 2.05) is 48.0 Å². The van der Waals surface area contributed by atoms with E-state index in [0.29, 0.717) is 5.82 Å². The Morgan fingerprint density at radius 2 is 2.24 bits per heavy atom. The lowest BCUT2D eigenvalue weighted by Crippen LogP contribution is -2.05. The molecular formula is C15H17N5O. The second kappa shape index (κ2) is 5.70. The van der Waals surface area contributed by atoms with Crippen molar-refractivity contribution in [3.8, 4) is 5.75 Å². The van der Waals surface area contributed by atoms with E-state index in [4.69, 9.17) is 4.74 Å². The molecule has 1 aromatic carbocycles. The van der Waals surface area contributed by atoms with Gasteiger partial charge in [0.15, 0.2) is 11.5 Å². The van der Waals surface area contributed by atoms with Gasteiger partial charge in [-0.3, -0.25) is 0 Å². The highest BCUT2D eigenvalue weighted by Crippen LogP contribution is 2.23. The molecule has 0 unspecified atom stereocenters. The van der Waals surface area contributed by atoms with Crippen LogP contribution in [0.1, 0.15) is 6.92 Å². The van der Waals surface area contributed by atoms with Gasteiger partial charge >= 0.3 is 0 Å². The lowest BCUT2D eigenvalue weighted by Gasteiger charge is -2.11. The van der Waals surface area contributed by atoms with Crippen LogP contribution in [0, 0.1) is 0 Å². The fourth-order valence-electron chi connectivity index (χ4n) is 2.12. The smallest absolute Gasteiger partial charge is 0.180 e. The Kier molecular flexibility index (Phi) is 3.59. The molecule has 2 heterocycles. The quantitative estimate of drug-likeness (QED) is 0.754. The normalized spacial score (nSPS) is 10.6. The molecule has 6 nitrogen and oxygen atoms in total. The second-order valence-corrected chi connectivity index (χ2v) is 4.52. The van der Waals surface area contributed by atoms with Crippen LogP contribution < -0.4 is 15.4 Å². The summed E-state index contributed by atoms with van der Waals surface area (Å²) in [5, 5.41) is 6.51. The van der Waals surface area contributed by atoms with E-state index in [0.717, 1.165) is 29.4 Å². The highest BCUT2D eigenvalue weighted by Gasteiger charge is 2.08. The van der Waals surface area contributed by atoms with Crippen LogP contribution in [-0.4, -0.2) is 28.0 Å². The predicted octanol–water partition coefficient (Wildman–Crippen LogP) is 2.91. The number of rotatable bonds is 5. The van der Waals surface area contributed by atoms with Gasteiger partial charge in [0.25, 0.3) is 0 Å². The summed E-state index contributed by atoms with van der Waals surface area (Å²) in [6, 6.07) is 7.71. The van der Waals surface area contributed by atoms with Crippen LogP contribution >= 0.6 is 0 Å². The topological polar surface area (TPSA) is 63.5 Å². The molecule has 108 valence electrons. The minimum Gasteiger partial charge on any atom is -0.497 e. The largest absolute Gasteiger partial charge is 0.497 e. The Bertz CT molecular complexity index is 753. The molecule has 0 saturated heterocycles. The zero-order valence-electron chi connectivity index (χ0n) is 12.0. The summed E-state index contributed by atoms with van der Waals surface area (Å²) in [7, 11) is 1.65. The Labute approximate surface area is 122 Å². The van der Waals surface area contributed by atoms with Crippen LogP contribution in [0.3, 0.4) is 0 Å². The van der Waals surface area contributed by atoms with E-state index in [-0.39, 0.29) is 0 Å². The zero-order chi connectivity index (χ0) is 14.7. The monoisotopic (exact) mass is 283 g/mol. The Morgan fingerprint density at radius 1 is 1.33 bits per heavy atom. The van der Waals surface area contributed by atoms with E-state index in [1.165, 1.54) is 0 Å². The summed E-state index contributed by atoms with van der Waals surface area (Å²) >= 11 is 0. The van der Waals surface area contributed by atoms with E-state index >= 15 is 0 Å². The summed E-state index contributed by atoms with van der Waals surface area (Å²) in [4.78, 5) is 8.90. The first kappa shape index (κ1) is 13.2. The number of fused-ring (bicyclic) bond motifs is 1. The molecule has 6 heteroatoms. The Balaban J connectivity index is 1.99. The molecule has 0 fully saturated rings. The van der Waals surface area contributed by atoms with Crippen molar-refractivity contribution >= 4 is 23.0 Å². The molecule has 0 atom stereocenters. The molecule has 0 aliphatic carbocycles. The predicted molar refractivity (Wildman–Crippen MR) is 83.4 cm³/mol. The van der Waals surface area contributed by atoms with Gasteiger partial charge in [0.2, 0.25) is 0 Å². The van der Waals surface area contributed by atoms with Gasteiger partial charge in [-0.2, -0.15) is 0 Å². The summed E-state index contributed by atoms with van der Waals surface area (Å²) < 4.78 is 7.17. The summed E-state index contributed by atoms with van der Waals surface area (Å²) in [6.07, 6.45) is 5.57. The van der Waals surface area contributed by atoms with Gasteiger partial charge in [-0.25, -0.2) is 9.97 Å². The number of anilines is 3. The summed E-state index contributed by atoms with van der Waals surface area (Å²) in [5.41, 5.74) is 1.68. The molecule has 2 aromatic heterocycles. The van der Waals surface area contributed by atoms with Crippen LogP contribution in [0.25, 0.3) is 5.65 Å². The van der Waals surface area contributed by atoms with Crippen LogP contribution in [0.2, 0.25) is 0 Å². The average Bonchev–Trinajstić information content (AvgIpc) is 2.96. The van der Waals surface area contributed by atoms with Crippen LogP contribution in [0.4, 0.5) is 17.3 Å². The van der Waals surface area contributed by atoms with Crippen molar-refractivity contribution in [2.75, 3.05) is 24.3 Å². The number of nitrogens with one attached hydrogen (secondary N) is 2. The molecule has 3 rings (SSSR count). The number of nitrogens with zero attached hydrogens (tertiary/aromatic N) is 3. The third-order valence-electron chi connectivity index (χ3n) is 3.06. The van der Waals surface area contributed by atoms with Crippen molar-refractivity contribution in [1.29, 1.82) is 0 Å². The number of hydrogen-bond acceptors (Lipinski definition) is 5. The maximum Gasteiger partial charge on any atom is 0.180 e. The molecule has 0 saturated carbocycles. The molecular weight excluding hydrogens is 266 g/mol. The summed E-state index contributed by atoms with van der Waals surface area (Å²) in [6.45, 7) is 2.85. The van der Waals surface area contributed by atoms with Gasteiger partial charge in [-0.1, -0.05) is 6.07 Å². The molecule has 21 heavy (non-hydrogen) atoms. The number of ether oxygens (including phenoxy) is 1. The molecule has 0 spiro atoms. The van der Waals surface area contributed by atoms with Crippen molar-refractivity contribution in [1.82, 2.24) is 14.4 Å². The van der Waals surface area contributed by atoms with Crippen molar-refractivity contribution in [3.63, 3.8) is 0 Å². The number of methoxy groups -OCH3 is 1. The van der Waals surface area contributed by atoms with Gasteiger partial charge < -0.3 is 19.8 Å². The minimum atomic E-state index is 0.701. The third kappa shape index (κ3) is 2.74. The maximum absolute atomic E-state index is 5.23. The first-order valence-electron chi connectivity index (χ1n) is 6.79. The SMILES string of the molecule is CCNc1cn2ccnc2c(Nc2cccc(OC)c2)n1. The third-order valence-corrected chi connectivity index (χ3v) is 3.06. The fraction of sp³-hybridized carbons (Fsp3) is 0.200. The van der Waals surface area contributed by atoms with Crippen molar-refractivity contribution in [2.45, 2.75) is 6.92 Å². The molecule has 3 aromatic rings. The molecule has 2 N–H and O–H groups in total. The molecule has 0 aliphatic heterocycles. The maximum atomic E-state index is 5.23. The average molecular weight is 283 g/mol. The van der Waals surface area contributed by atoms with Gasteiger partial charge in [-0.15, -0.1) is 0 Å². The zero-order valence-corrected chi connectivity index (χ0v) is 12.0. The number of imidazole rings is 1. The van der Waals surface area contributed by atoms with E-state index in [1.54, 1.807) is 13.3 Å². The standard InChI is InChI=1S/C15H17N5O/c1-3-16-13-10-20-8-7-17-15(20)14(19-13)18-11-5-4-6-12(9-11)21-2/h4-10,16H,3H2,1-2H3,(H,18,19). The van der Waals surface area contributed by atoms with E-state index in [9.17, 15) is 0 Å². The van der Waals surface area contributed by atoms with E-state index < -0.39 is 0 Å². The van der Waals surface area contributed by atoms with E-state index in [2.05, 4.69) is 20.6 Å². The Morgan fingerprint density at radius 3 is 3.05 bits per heavy atom. The van der Waals surface area contributed by atoms with Crippen LogP contribution in [-0.2, 0) is 0 Å². The number of benzene rings is 1. The van der Waals surface area contributed by atoms with Crippen molar-refractivity contribution in [2.24, 2.45) is 0 Å². The fourth-order valence-corrected chi connectivity index (χ4v) is 2.12. The first-order valence-corrected chi connectivity index (χ1v) is 6.79. The van der Waals surface area contributed by atoms with Gasteiger partial charge in [0.05, 0.1) is 13.3 Å². The molecule has 0 bridgehead atoms. The van der Waals surface area contributed by atoms with Crippen molar-refractivity contribution < 1.29 is 4.74 Å². The molecule has 0 aliphatic rings. The Hall–Kier alpha value is -2.76. The van der Waals surface area contributed by atoms with Crippen molar-refractivity contribution in [3.05, 3.63) is 42.9 Å². The highest BCUT2D eigenvalue weighted by molar-refractivity contribution is 5.72. The molecule has 0 radical (unpaired) electrons.